The lowest BCUT2D eigenvalue weighted by atomic mass is 10.0. The van der Waals surface area contributed by atoms with Gasteiger partial charge < -0.3 is 15.0 Å². The maximum Gasteiger partial charge on any atom is 0.0495 e. The van der Waals surface area contributed by atoms with E-state index in [1.807, 2.05) is 0 Å². The van der Waals surface area contributed by atoms with Crippen LogP contribution in [0.15, 0.2) is 0 Å². The Morgan fingerprint density at radius 2 is 2.31 bits per heavy atom. The molecule has 2 saturated heterocycles. The zero-order valence-corrected chi connectivity index (χ0v) is 10.7. The lowest BCUT2D eigenvalue weighted by molar-refractivity contribution is 0.155. The van der Waals surface area contributed by atoms with E-state index in [2.05, 4.69) is 24.1 Å². The van der Waals surface area contributed by atoms with Gasteiger partial charge >= 0.3 is 0 Å². The Labute approximate surface area is 99.5 Å². The number of hydrogen-bond donors (Lipinski definition) is 1. The summed E-state index contributed by atoms with van der Waals surface area (Å²) in [6.07, 6.45) is 2.60. The molecule has 0 bridgehead atoms. The van der Waals surface area contributed by atoms with Crippen LogP contribution in [-0.4, -0.2) is 50.3 Å². The number of rotatable bonds is 4. The van der Waals surface area contributed by atoms with Gasteiger partial charge in [0.25, 0.3) is 0 Å². The second-order valence-corrected chi connectivity index (χ2v) is 5.62. The second kappa shape index (κ2) is 5.99. The van der Waals surface area contributed by atoms with E-state index in [-0.39, 0.29) is 0 Å². The van der Waals surface area contributed by atoms with Crippen LogP contribution in [-0.2, 0) is 4.74 Å². The van der Waals surface area contributed by atoms with Gasteiger partial charge in [-0.1, -0.05) is 13.8 Å². The molecule has 0 aromatic heterocycles. The van der Waals surface area contributed by atoms with E-state index < -0.39 is 0 Å². The standard InChI is InChI=1S/C13H26N2O/c1-11(2)13-9-15(7-5-14-13)6-3-12-4-8-16-10-12/h11-14H,3-10H2,1-2H3. The van der Waals surface area contributed by atoms with Gasteiger partial charge in [-0.05, 0) is 31.2 Å². The fraction of sp³-hybridized carbons (Fsp3) is 1.00. The highest BCUT2D eigenvalue weighted by molar-refractivity contribution is 4.81. The molecule has 1 N–H and O–H groups in total. The van der Waals surface area contributed by atoms with Gasteiger partial charge in [0.15, 0.2) is 0 Å². The third-order valence-corrected chi connectivity index (χ3v) is 3.97. The fourth-order valence-electron chi connectivity index (χ4n) is 2.67. The highest BCUT2D eigenvalue weighted by atomic mass is 16.5. The molecule has 2 aliphatic heterocycles. The Hall–Kier alpha value is -0.120. The number of hydrogen-bond acceptors (Lipinski definition) is 3. The minimum Gasteiger partial charge on any atom is -0.381 e. The zero-order chi connectivity index (χ0) is 11.4. The minimum atomic E-state index is 0.688. The van der Waals surface area contributed by atoms with Crippen molar-refractivity contribution < 1.29 is 4.74 Å². The molecule has 2 atom stereocenters. The van der Waals surface area contributed by atoms with Gasteiger partial charge in [-0.2, -0.15) is 0 Å². The quantitative estimate of drug-likeness (QED) is 0.783. The van der Waals surface area contributed by atoms with E-state index in [4.69, 9.17) is 4.74 Å². The summed E-state index contributed by atoms with van der Waals surface area (Å²) >= 11 is 0. The summed E-state index contributed by atoms with van der Waals surface area (Å²) in [6.45, 7) is 11.5. The molecular formula is C13H26N2O. The molecule has 0 aromatic carbocycles. The van der Waals surface area contributed by atoms with Crippen molar-refractivity contribution >= 4 is 0 Å². The van der Waals surface area contributed by atoms with Crippen LogP contribution in [0.3, 0.4) is 0 Å². The van der Waals surface area contributed by atoms with E-state index in [0.717, 1.165) is 31.6 Å². The third-order valence-electron chi connectivity index (χ3n) is 3.97. The Bertz CT molecular complexity index is 202. The van der Waals surface area contributed by atoms with Gasteiger partial charge in [-0.3, -0.25) is 0 Å². The number of piperazine rings is 1. The van der Waals surface area contributed by atoms with Gasteiger partial charge in [0.2, 0.25) is 0 Å². The Morgan fingerprint density at radius 1 is 1.44 bits per heavy atom. The average Bonchev–Trinajstić information content (AvgIpc) is 2.79. The van der Waals surface area contributed by atoms with E-state index in [1.165, 1.54) is 32.5 Å². The zero-order valence-electron chi connectivity index (χ0n) is 10.7. The molecule has 0 aromatic rings. The van der Waals surface area contributed by atoms with Crippen LogP contribution >= 0.6 is 0 Å². The third kappa shape index (κ3) is 3.44. The van der Waals surface area contributed by atoms with Crippen molar-refractivity contribution in [3.8, 4) is 0 Å². The molecule has 2 rings (SSSR count). The van der Waals surface area contributed by atoms with Crippen LogP contribution in [0.4, 0.5) is 0 Å². The highest BCUT2D eigenvalue weighted by Crippen LogP contribution is 2.17. The van der Waals surface area contributed by atoms with Gasteiger partial charge in [-0.15, -0.1) is 0 Å². The van der Waals surface area contributed by atoms with Gasteiger partial charge in [0.1, 0.15) is 0 Å². The molecular weight excluding hydrogens is 200 g/mol. The molecule has 16 heavy (non-hydrogen) atoms. The molecule has 2 unspecified atom stereocenters. The molecule has 2 fully saturated rings. The van der Waals surface area contributed by atoms with Crippen LogP contribution in [0.2, 0.25) is 0 Å². The largest absolute Gasteiger partial charge is 0.381 e. The van der Waals surface area contributed by atoms with E-state index in [0.29, 0.717) is 6.04 Å². The maximum absolute atomic E-state index is 5.43. The van der Waals surface area contributed by atoms with Crippen molar-refractivity contribution in [3.63, 3.8) is 0 Å². The second-order valence-electron chi connectivity index (χ2n) is 5.62. The predicted molar refractivity (Wildman–Crippen MR) is 66.6 cm³/mol. The first kappa shape index (κ1) is 12.3. The molecule has 3 heteroatoms. The van der Waals surface area contributed by atoms with Crippen molar-refractivity contribution in [2.45, 2.75) is 32.7 Å². The summed E-state index contributed by atoms with van der Waals surface area (Å²) in [5, 5.41) is 3.61. The van der Waals surface area contributed by atoms with Gasteiger partial charge in [0.05, 0.1) is 0 Å². The van der Waals surface area contributed by atoms with Gasteiger partial charge in [0, 0.05) is 38.9 Å². The highest BCUT2D eigenvalue weighted by Gasteiger charge is 2.23. The smallest absolute Gasteiger partial charge is 0.0495 e. The Morgan fingerprint density at radius 3 is 3.00 bits per heavy atom. The summed E-state index contributed by atoms with van der Waals surface area (Å²) in [6, 6.07) is 0.688. The summed E-state index contributed by atoms with van der Waals surface area (Å²) < 4.78 is 5.43. The lowest BCUT2D eigenvalue weighted by Gasteiger charge is -2.36. The molecule has 2 aliphatic rings. The number of nitrogens with zero attached hydrogens (tertiary/aromatic N) is 1. The Balaban J connectivity index is 1.68. The number of nitrogens with one attached hydrogen (secondary N) is 1. The average molecular weight is 226 g/mol. The van der Waals surface area contributed by atoms with Crippen molar-refractivity contribution in [1.82, 2.24) is 10.2 Å². The predicted octanol–water partition coefficient (Wildman–Crippen LogP) is 1.34. The molecule has 0 radical (unpaired) electrons. The maximum atomic E-state index is 5.43. The van der Waals surface area contributed by atoms with Crippen LogP contribution in [0, 0.1) is 11.8 Å². The topological polar surface area (TPSA) is 24.5 Å². The molecule has 2 heterocycles. The summed E-state index contributed by atoms with van der Waals surface area (Å²) in [7, 11) is 0. The SMILES string of the molecule is CC(C)C1CN(CCC2CCOC2)CCN1. The molecule has 0 aliphatic carbocycles. The van der Waals surface area contributed by atoms with Crippen molar-refractivity contribution in [2.75, 3.05) is 39.4 Å². The monoisotopic (exact) mass is 226 g/mol. The van der Waals surface area contributed by atoms with Crippen LogP contribution < -0.4 is 5.32 Å². The van der Waals surface area contributed by atoms with Crippen LogP contribution in [0.1, 0.15) is 26.7 Å². The first-order valence-corrected chi connectivity index (χ1v) is 6.79. The molecule has 0 amide bonds. The summed E-state index contributed by atoms with van der Waals surface area (Å²) in [5.74, 6) is 1.57. The molecule has 0 spiro atoms. The van der Waals surface area contributed by atoms with Crippen molar-refractivity contribution in [3.05, 3.63) is 0 Å². The van der Waals surface area contributed by atoms with Crippen LogP contribution in [0.5, 0.6) is 0 Å². The molecule has 0 saturated carbocycles. The molecule has 94 valence electrons. The van der Waals surface area contributed by atoms with E-state index >= 15 is 0 Å². The van der Waals surface area contributed by atoms with Crippen molar-refractivity contribution in [1.29, 1.82) is 0 Å². The first-order chi connectivity index (χ1) is 7.75. The first-order valence-electron chi connectivity index (χ1n) is 6.79. The minimum absolute atomic E-state index is 0.688. The summed E-state index contributed by atoms with van der Waals surface area (Å²) in [5.41, 5.74) is 0. The molecule has 3 nitrogen and oxygen atoms in total. The fourth-order valence-corrected chi connectivity index (χ4v) is 2.67. The number of ether oxygens (including phenoxy) is 1. The van der Waals surface area contributed by atoms with E-state index in [1.54, 1.807) is 0 Å². The van der Waals surface area contributed by atoms with E-state index in [9.17, 15) is 0 Å². The van der Waals surface area contributed by atoms with Gasteiger partial charge in [-0.25, -0.2) is 0 Å². The Kier molecular flexibility index (Phi) is 4.62. The normalized spacial score (nSPS) is 32.4. The lowest BCUT2D eigenvalue weighted by Crippen LogP contribution is -2.53. The van der Waals surface area contributed by atoms with Crippen molar-refractivity contribution in [2.24, 2.45) is 11.8 Å². The summed E-state index contributed by atoms with van der Waals surface area (Å²) in [4.78, 5) is 2.62. The van der Waals surface area contributed by atoms with Crippen LogP contribution in [0.25, 0.3) is 0 Å².